The molecule has 162 valence electrons. The molecular weight excluding hydrogens is 424 g/mol. The zero-order chi connectivity index (χ0) is 21.9. The van der Waals surface area contributed by atoms with E-state index in [9.17, 15) is 13.2 Å². The highest BCUT2D eigenvalue weighted by atomic mass is 35.5. The van der Waals surface area contributed by atoms with Gasteiger partial charge in [-0.25, -0.2) is 18.4 Å². The van der Waals surface area contributed by atoms with Crippen molar-refractivity contribution in [1.82, 2.24) is 9.97 Å². The number of nitrogens with one attached hydrogen (secondary N) is 1. The molecule has 0 spiro atoms. The zero-order valence-electron chi connectivity index (χ0n) is 17.4. The second-order valence-electron chi connectivity index (χ2n) is 8.04. The van der Waals surface area contributed by atoms with Crippen LogP contribution in [-0.4, -0.2) is 44.6 Å². The van der Waals surface area contributed by atoms with E-state index in [4.69, 9.17) is 11.6 Å². The van der Waals surface area contributed by atoms with Crippen molar-refractivity contribution >= 4 is 39.0 Å². The number of amides is 1. The van der Waals surface area contributed by atoms with Gasteiger partial charge in [0, 0.05) is 20.4 Å². The van der Waals surface area contributed by atoms with Crippen molar-refractivity contribution in [2.45, 2.75) is 42.9 Å². The third-order valence-corrected chi connectivity index (χ3v) is 7.05. The van der Waals surface area contributed by atoms with Crippen LogP contribution in [-0.2, 0) is 14.6 Å². The molecule has 1 aromatic carbocycles. The van der Waals surface area contributed by atoms with E-state index in [2.05, 4.69) is 15.3 Å². The molecule has 1 amide bonds. The normalized spacial score (nSPS) is 15.7. The van der Waals surface area contributed by atoms with E-state index in [1.807, 2.05) is 19.0 Å². The fraction of sp³-hybridized carbons (Fsp3) is 0.476. The number of carbonyl (C=O) groups is 1. The van der Waals surface area contributed by atoms with Crippen LogP contribution < -0.4 is 10.2 Å². The number of aromatic nitrogens is 2. The molecule has 1 N–H and O–H groups in total. The van der Waals surface area contributed by atoms with Crippen LogP contribution in [0.1, 0.15) is 43.6 Å². The van der Waals surface area contributed by atoms with E-state index >= 15 is 0 Å². The average Bonchev–Trinajstić information content (AvgIpc) is 3.18. The molecule has 1 heterocycles. The van der Waals surface area contributed by atoms with Crippen LogP contribution in [0.2, 0.25) is 5.02 Å². The van der Waals surface area contributed by atoms with E-state index in [0.29, 0.717) is 29.5 Å². The van der Waals surface area contributed by atoms with E-state index in [0.717, 1.165) is 19.1 Å². The number of hydrogen-bond donors (Lipinski definition) is 1. The molecule has 1 aliphatic carbocycles. The molecule has 0 aliphatic heterocycles. The average molecular weight is 451 g/mol. The van der Waals surface area contributed by atoms with Crippen molar-refractivity contribution in [3.8, 4) is 0 Å². The van der Waals surface area contributed by atoms with Crippen molar-refractivity contribution in [1.29, 1.82) is 0 Å². The summed E-state index contributed by atoms with van der Waals surface area (Å²) >= 11 is 6.25. The van der Waals surface area contributed by atoms with Gasteiger partial charge in [-0.2, -0.15) is 0 Å². The van der Waals surface area contributed by atoms with Crippen molar-refractivity contribution in [3.05, 3.63) is 41.2 Å². The Bertz CT molecular complexity index is 1000. The number of sulfone groups is 1. The zero-order valence-corrected chi connectivity index (χ0v) is 19.0. The second kappa shape index (κ2) is 9.31. The van der Waals surface area contributed by atoms with Crippen molar-refractivity contribution in [2.75, 3.05) is 30.6 Å². The number of anilines is 2. The minimum absolute atomic E-state index is 0.0677. The molecule has 9 heteroatoms. The molecule has 1 aromatic heterocycles. The van der Waals surface area contributed by atoms with E-state index in [-0.39, 0.29) is 15.8 Å². The Balaban J connectivity index is 1.86. The first-order valence-corrected chi connectivity index (χ1v) is 12.2. The maximum atomic E-state index is 13.2. The van der Waals surface area contributed by atoms with E-state index in [1.165, 1.54) is 25.1 Å². The van der Waals surface area contributed by atoms with Gasteiger partial charge in [0.1, 0.15) is 5.82 Å². The highest BCUT2D eigenvalue weighted by molar-refractivity contribution is 7.90. The fourth-order valence-corrected chi connectivity index (χ4v) is 5.18. The molecule has 1 aliphatic rings. The van der Waals surface area contributed by atoms with Gasteiger partial charge in [0.25, 0.3) is 0 Å². The highest BCUT2D eigenvalue weighted by Crippen LogP contribution is 2.36. The standard InChI is InChI=1S/C21H27ClN4O3S/c1-26(2)20-13-23-19(12-24-20)25-21(27)16(10-14-6-4-5-7-14)15-8-9-18(17(22)11-15)30(3,28)29/h8-9,11-14,16H,4-7,10H2,1-3H3,(H,23,25,27)/t16-/m1/s1. The molecule has 30 heavy (non-hydrogen) atoms. The number of carbonyl (C=O) groups excluding carboxylic acids is 1. The molecule has 7 nitrogen and oxygen atoms in total. The Morgan fingerprint density at radius 3 is 2.47 bits per heavy atom. The van der Waals surface area contributed by atoms with E-state index in [1.54, 1.807) is 18.3 Å². The van der Waals surface area contributed by atoms with Crippen LogP contribution in [0.5, 0.6) is 0 Å². The molecule has 0 saturated heterocycles. The van der Waals surface area contributed by atoms with Gasteiger partial charge < -0.3 is 10.2 Å². The number of benzene rings is 1. The summed E-state index contributed by atoms with van der Waals surface area (Å²) in [5.41, 5.74) is 0.703. The Morgan fingerprint density at radius 2 is 1.93 bits per heavy atom. The van der Waals surface area contributed by atoms with Crippen LogP contribution in [0.15, 0.2) is 35.5 Å². The van der Waals surface area contributed by atoms with Gasteiger partial charge in [-0.1, -0.05) is 43.4 Å². The Morgan fingerprint density at radius 1 is 1.23 bits per heavy atom. The van der Waals surface area contributed by atoms with Crippen LogP contribution >= 0.6 is 11.6 Å². The van der Waals surface area contributed by atoms with Crippen molar-refractivity contribution < 1.29 is 13.2 Å². The van der Waals surface area contributed by atoms with Crippen LogP contribution in [0.25, 0.3) is 0 Å². The maximum Gasteiger partial charge on any atom is 0.233 e. The molecule has 1 atom stereocenters. The molecule has 1 saturated carbocycles. The summed E-state index contributed by atoms with van der Waals surface area (Å²) in [5, 5.41) is 2.99. The highest BCUT2D eigenvalue weighted by Gasteiger charge is 2.28. The SMILES string of the molecule is CN(C)c1cnc(NC(=O)[C@H](CC2CCCC2)c2ccc(S(C)(=O)=O)c(Cl)c2)cn1. The summed E-state index contributed by atoms with van der Waals surface area (Å²) in [4.78, 5) is 23.6. The molecule has 0 bridgehead atoms. The van der Waals surface area contributed by atoms with Crippen molar-refractivity contribution in [2.24, 2.45) is 5.92 Å². The van der Waals surface area contributed by atoms with Crippen LogP contribution in [0.4, 0.5) is 11.6 Å². The first-order valence-electron chi connectivity index (χ1n) is 9.95. The number of rotatable bonds is 7. The lowest BCUT2D eigenvalue weighted by Crippen LogP contribution is -2.24. The number of halogens is 1. The summed E-state index contributed by atoms with van der Waals surface area (Å²) in [6, 6.07) is 4.76. The first kappa shape index (κ1) is 22.5. The Labute approximate surface area is 182 Å². The van der Waals surface area contributed by atoms with Gasteiger partial charge in [-0.15, -0.1) is 0 Å². The summed E-state index contributed by atoms with van der Waals surface area (Å²) in [7, 11) is 0.297. The minimum Gasteiger partial charge on any atom is -0.361 e. The topological polar surface area (TPSA) is 92.3 Å². The quantitative estimate of drug-likeness (QED) is 0.687. The lowest BCUT2D eigenvalue weighted by molar-refractivity contribution is -0.118. The molecular formula is C21H27ClN4O3S. The van der Waals surface area contributed by atoms with Gasteiger partial charge in [-0.05, 0) is 30.0 Å². The summed E-state index contributed by atoms with van der Waals surface area (Å²) < 4.78 is 23.8. The monoisotopic (exact) mass is 450 g/mol. The smallest absolute Gasteiger partial charge is 0.233 e. The largest absolute Gasteiger partial charge is 0.361 e. The molecule has 1 fully saturated rings. The minimum atomic E-state index is -3.43. The van der Waals surface area contributed by atoms with Crippen molar-refractivity contribution in [3.63, 3.8) is 0 Å². The van der Waals surface area contributed by atoms with Gasteiger partial charge in [0.2, 0.25) is 5.91 Å². The number of nitrogens with zero attached hydrogens (tertiary/aromatic N) is 3. The third kappa shape index (κ3) is 5.49. The molecule has 3 rings (SSSR count). The molecule has 2 aromatic rings. The summed E-state index contributed by atoms with van der Waals surface area (Å²) in [6.07, 6.45) is 9.45. The summed E-state index contributed by atoms with van der Waals surface area (Å²) in [5.74, 6) is 0.877. The fourth-order valence-electron chi connectivity index (χ4n) is 3.84. The maximum absolute atomic E-state index is 13.2. The molecule has 0 radical (unpaired) electrons. The van der Waals surface area contributed by atoms with Crippen LogP contribution in [0, 0.1) is 5.92 Å². The van der Waals surface area contributed by atoms with Gasteiger partial charge >= 0.3 is 0 Å². The Kier molecular flexibility index (Phi) is 6.98. The predicted octanol–water partition coefficient (Wildman–Crippen LogP) is 3.90. The number of hydrogen-bond acceptors (Lipinski definition) is 6. The lowest BCUT2D eigenvalue weighted by Gasteiger charge is -2.21. The summed E-state index contributed by atoms with van der Waals surface area (Å²) in [6.45, 7) is 0. The first-order chi connectivity index (χ1) is 14.1. The third-order valence-electron chi connectivity index (χ3n) is 5.47. The predicted molar refractivity (Wildman–Crippen MR) is 119 cm³/mol. The van der Waals surface area contributed by atoms with Gasteiger partial charge in [-0.3, -0.25) is 4.79 Å². The Hall–Kier alpha value is -2.19. The second-order valence-corrected chi connectivity index (χ2v) is 10.4. The van der Waals surface area contributed by atoms with Gasteiger partial charge in [0.05, 0.1) is 28.2 Å². The molecule has 0 unspecified atom stereocenters. The van der Waals surface area contributed by atoms with Gasteiger partial charge in [0.15, 0.2) is 15.7 Å². The van der Waals surface area contributed by atoms with Crippen LogP contribution in [0.3, 0.4) is 0 Å². The lowest BCUT2D eigenvalue weighted by atomic mass is 9.87. The van der Waals surface area contributed by atoms with E-state index < -0.39 is 15.8 Å².